The Kier molecular flexibility index (Phi) is 14.2. The Balaban J connectivity index is 1.48. The van der Waals surface area contributed by atoms with Gasteiger partial charge < -0.3 is 15.8 Å². The lowest BCUT2D eigenvalue weighted by atomic mass is 9.63. The lowest BCUT2D eigenvalue weighted by Crippen LogP contribution is -2.39. The van der Waals surface area contributed by atoms with Gasteiger partial charge in [0.15, 0.2) is 0 Å². The molecule has 0 radical (unpaired) electrons. The number of rotatable bonds is 17. The molecule has 1 atom stereocenters. The maximum absolute atomic E-state index is 16.1. The van der Waals surface area contributed by atoms with Crippen LogP contribution in [0, 0.1) is 30.6 Å². The van der Waals surface area contributed by atoms with E-state index in [-0.39, 0.29) is 17.6 Å². The molecule has 3 aromatic rings. The second kappa shape index (κ2) is 18.3. The Morgan fingerprint density at radius 2 is 1.71 bits per heavy atom. The van der Waals surface area contributed by atoms with Crippen LogP contribution in [-0.4, -0.2) is 63.0 Å². The molecular formula is C39H60FN7O3SSi. The fourth-order valence-corrected chi connectivity index (χ4v) is 9.72. The second-order valence-corrected chi connectivity index (χ2v) is 22.6. The van der Waals surface area contributed by atoms with Crippen molar-refractivity contribution < 1.29 is 18.7 Å². The van der Waals surface area contributed by atoms with Gasteiger partial charge in [0.2, 0.25) is 11.9 Å². The number of carbonyl (C=O) groups excluding carboxylic acids is 2. The van der Waals surface area contributed by atoms with E-state index in [1.54, 1.807) is 34.8 Å². The van der Waals surface area contributed by atoms with Gasteiger partial charge in [-0.2, -0.15) is 26.3 Å². The number of anilines is 1. The largest absolute Gasteiger partial charge is 0.364 e. The van der Waals surface area contributed by atoms with Crippen molar-refractivity contribution in [3.05, 3.63) is 46.9 Å². The van der Waals surface area contributed by atoms with Crippen LogP contribution in [0.5, 0.6) is 0 Å². The Morgan fingerprint density at radius 3 is 2.27 bits per heavy atom. The van der Waals surface area contributed by atoms with Gasteiger partial charge in [-0.15, -0.1) is 0 Å². The predicted octanol–water partition coefficient (Wildman–Crippen LogP) is 8.42. The molecule has 286 valence electrons. The zero-order valence-electron chi connectivity index (χ0n) is 32.2. The van der Waals surface area contributed by atoms with Crippen LogP contribution in [0.4, 0.5) is 10.2 Å². The molecule has 0 saturated heterocycles. The van der Waals surface area contributed by atoms with Crippen molar-refractivity contribution in [3.8, 4) is 11.1 Å². The number of nitrogens with zero attached hydrogens (tertiary/aromatic N) is 5. The summed E-state index contributed by atoms with van der Waals surface area (Å²) in [6.45, 7) is 12.3. The third-order valence-corrected chi connectivity index (χ3v) is 13.4. The summed E-state index contributed by atoms with van der Waals surface area (Å²) in [4.78, 5) is 32.1. The molecule has 0 spiro atoms. The van der Waals surface area contributed by atoms with Gasteiger partial charge >= 0.3 is 0 Å². The second-order valence-electron chi connectivity index (χ2n) is 16.0. The number of hydrogen-bond donors (Lipinski definition) is 2. The maximum Gasteiger partial charge on any atom is 0.267 e. The number of aryl methyl sites for hydroxylation is 2. The standard InChI is InChI=1S/C39H60FN7O3SSi/c1-7-31-33(26(2)45-47(31)25-50-21-23-52(4,5)6)29-18-19-32(43-37(29)40)44-39(49)35(30-24-42-46(20-22-51-3)36(30)38(41)48)34(27-14-10-8-11-15-27)28-16-12-9-13-17-28/h18-19,24,27-28,34-35H,7-17,20-23,25H2,1-6H3,(H2,41,48)(H,43,44,49)/t35-/m1/s1. The Morgan fingerprint density at radius 1 is 1.06 bits per heavy atom. The molecule has 5 rings (SSSR count). The van der Waals surface area contributed by atoms with E-state index in [1.165, 1.54) is 12.8 Å². The van der Waals surface area contributed by atoms with Crippen molar-refractivity contribution in [2.75, 3.05) is 23.9 Å². The smallest absolute Gasteiger partial charge is 0.267 e. The lowest BCUT2D eigenvalue weighted by Gasteiger charge is -2.41. The molecule has 52 heavy (non-hydrogen) atoms. The molecule has 3 N–H and O–H groups in total. The van der Waals surface area contributed by atoms with Crippen molar-refractivity contribution >= 4 is 37.5 Å². The summed E-state index contributed by atoms with van der Waals surface area (Å²) in [5, 5.41) is 12.3. The van der Waals surface area contributed by atoms with Crippen LogP contribution in [0.15, 0.2) is 18.3 Å². The van der Waals surface area contributed by atoms with Crippen LogP contribution in [0.2, 0.25) is 25.7 Å². The average Bonchev–Trinajstić information content (AvgIpc) is 3.68. The van der Waals surface area contributed by atoms with E-state index >= 15 is 4.39 Å². The van der Waals surface area contributed by atoms with Gasteiger partial charge in [0.05, 0.1) is 24.4 Å². The van der Waals surface area contributed by atoms with E-state index in [4.69, 9.17) is 15.6 Å². The van der Waals surface area contributed by atoms with Gasteiger partial charge in [-0.25, -0.2) is 9.67 Å². The number of carbonyl (C=O) groups is 2. The highest BCUT2D eigenvalue weighted by Gasteiger charge is 2.43. The molecule has 0 aliphatic heterocycles. The molecule has 0 unspecified atom stereocenters. The Hall–Kier alpha value is -3.03. The number of halogens is 1. The zero-order chi connectivity index (χ0) is 37.4. The molecule has 0 aromatic carbocycles. The monoisotopic (exact) mass is 753 g/mol. The number of nitrogens with one attached hydrogen (secondary N) is 1. The number of pyridine rings is 1. The van der Waals surface area contributed by atoms with E-state index in [2.05, 4.69) is 35.0 Å². The molecular weight excluding hydrogens is 694 g/mol. The number of hydrogen-bond acceptors (Lipinski definition) is 7. The van der Waals surface area contributed by atoms with Crippen molar-refractivity contribution in [1.29, 1.82) is 0 Å². The van der Waals surface area contributed by atoms with Gasteiger partial charge in [0, 0.05) is 42.8 Å². The molecule has 0 bridgehead atoms. The first kappa shape index (κ1) is 40.2. The molecule has 2 saturated carbocycles. The number of nitrogens with two attached hydrogens (primary N) is 1. The molecule has 2 fully saturated rings. The molecule has 13 heteroatoms. The molecule has 3 aromatic heterocycles. The summed E-state index contributed by atoms with van der Waals surface area (Å²) < 4.78 is 25.5. The van der Waals surface area contributed by atoms with Gasteiger partial charge in [-0.05, 0) is 55.5 Å². The Labute approximate surface area is 314 Å². The summed E-state index contributed by atoms with van der Waals surface area (Å²) in [5.74, 6) is -0.657. The first-order valence-electron chi connectivity index (χ1n) is 19.4. The number of aromatic nitrogens is 5. The van der Waals surface area contributed by atoms with Crippen LogP contribution in [0.25, 0.3) is 11.1 Å². The number of ether oxygens (including phenoxy) is 1. The summed E-state index contributed by atoms with van der Waals surface area (Å²) >= 11 is 1.66. The Bertz CT molecular complexity index is 1640. The lowest BCUT2D eigenvalue weighted by molar-refractivity contribution is -0.120. The highest BCUT2D eigenvalue weighted by Crippen LogP contribution is 2.48. The van der Waals surface area contributed by atoms with Crippen LogP contribution in [0.3, 0.4) is 0 Å². The third kappa shape index (κ3) is 9.73. The quantitative estimate of drug-likeness (QED) is 0.0804. The van der Waals surface area contributed by atoms with E-state index in [0.29, 0.717) is 66.2 Å². The summed E-state index contributed by atoms with van der Waals surface area (Å²) in [6, 6.07) is 4.41. The van der Waals surface area contributed by atoms with Gasteiger partial charge in [0.1, 0.15) is 18.2 Å². The molecule has 10 nitrogen and oxygen atoms in total. The highest BCUT2D eigenvalue weighted by atomic mass is 32.2. The average molecular weight is 754 g/mol. The van der Waals surface area contributed by atoms with E-state index < -0.39 is 25.8 Å². The van der Waals surface area contributed by atoms with Gasteiger partial charge in [0.25, 0.3) is 5.91 Å². The third-order valence-electron chi connectivity index (χ3n) is 11.1. The fraction of sp³-hybridized carbons (Fsp3) is 0.667. The number of thioether (sulfide) groups is 1. The van der Waals surface area contributed by atoms with Gasteiger partial charge in [-0.1, -0.05) is 90.8 Å². The first-order chi connectivity index (χ1) is 24.9. The topological polar surface area (TPSA) is 130 Å². The maximum atomic E-state index is 16.1. The van der Waals surface area contributed by atoms with E-state index in [0.717, 1.165) is 68.9 Å². The summed E-state index contributed by atoms with van der Waals surface area (Å²) in [5.41, 5.74) is 9.54. The predicted molar refractivity (Wildman–Crippen MR) is 211 cm³/mol. The minimum absolute atomic E-state index is 0.00887. The van der Waals surface area contributed by atoms with Crippen molar-refractivity contribution in [2.45, 2.75) is 129 Å². The van der Waals surface area contributed by atoms with Crippen LogP contribution >= 0.6 is 11.8 Å². The number of amides is 2. The molecule has 2 aliphatic carbocycles. The number of primary amides is 1. The fourth-order valence-electron chi connectivity index (χ4n) is 8.60. The van der Waals surface area contributed by atoms with E-state index in [9.17, 15) is 9.59 Å². The first-order valence-corrected chi connectivity index (χ1v) is 24.5. The van der Waals surface area contributed by atoms with Crippen molar-refractivity contribution in [3.63, 3.8) is 0 Å². The van der Waals surface area contributed by atoms with E-state index in [1.807, 2.05) is 24.8 Å². The normalized spacial score (nSPS) is 16.8. The van der Waals surface area contributed by atoms with Crippen LogP contribution < -0.4 is 11.1 Å². The SMILES string of the molecule is CCc1c(-c2ccc(NC(=O)[C@H](c3cnn(CCSC)c3C(N)=O)C(C3CCCCC3)C3CCCCC3)nc2F)c(C)nn1COCC[Si](C)(C)C. The molecule has 3 heterocycles. The van der Waals surface area contributed by atoms with Crippen molar-refractivity contribution in [2.24, 2.45) is 23.5 Å². The van der Waals surface area contributed by atoms with Gasteiger partial charge in [-0.3, -0.25) is 14.3 Å². The minimum Gasteiger partial charge on any atom is -0.364 e. The van der Waals surface area contributed by atoms with Crippen LogP contribution in [-0.2, 0) is 29.2 Å². The molecule has 2 aliphatic rings. The van der Waals surface area contributed by atoms with Crippen molar-refractivity contribution in [1.82, 2.24) is 24.5 Å². The zero-order valence-corrected chi connectivity index (χ0v) is 34.0. The molecule has 2 amide bonds. The minimum atomic E-state index is -1.23. The van der Waals surface area contributed by atoms with Crippen LogP contribution in [0.1, 0.15) is 104 Å². The highest BCUT2D eigenvalue weighted by molar-refractivity contribution is 7.98. The summed E-state index contributed by atoms with van der Waals surface area (Å²) in [7, 11) is -1.23. The summed E-state index contributed by atoms with van der Waals surface area (Å²) in [6.07, 6.45) is 15.5.